The zero-order chi connectivity index (χ0) is 20.4. The molecule has 150 valence electrons. The number of carbonyl (C=O) groups is 2. The molecule has 0 aliphatic carbocycles. The molecule has 1 heterocycles. The molecule has 0 unspecified atom stereocenters. The number of aromatic nitrogens is 3. The maximum Gasteiger partial charge on any atom is 0.239 e. The van der Waals surface area contributed by atoms with E-state index in [4.69, 9.17) is 4.74 Å². The second-order valence-electron chi connectivity index (χ2n) is 5.82. The highest BCUT2D eigenvalue weighted by Gasteiger charge is 2.17. The normalized spacial score (nSPS) is 10.4. The molecule has 8 nitrogen and oxygen atoms in total. The number of thioether (sulfide) groups is 1. The number of allylic oxidation sites excluding steroid dienone is 1. The Hall–Kier alpha value is -2.81. The molecule has 0 spiro atoms. The predicted octanol–water partition coefficient (Wildman–Crippen LogP) is 1.87. The Kier molecular flexibility index (Phi) is 8.54. The van der Waals surface area contributed by atoms with Gasteiger partial charge in [0, 0.05) is 13.1 Å². The molecule has 28 heavy (non-hydrogen) atoms. The van der Waals surface area contributed by atoms with Crippen molar-refractivity contribution in [2.75, 3.05) is 26.0 Å². The summed E-state index contributed by atoms with van der Waals surface area (Å²) in [5, 5.41) is 14.4. The lowest BCUT2D eigenvalue weighted by molar-refractivity contribution is -0.124. The van der Waals surface area contributed by atoms with Crippen LogP contribution in [0.4, 0.5) is 0 Å². The third-order valence-corrected chi connectivity index (χ3v) is 4.69. The minimum Gasteiger partial charge on any atom is -0.496 e. The zero-order valence-corrected chi connectivity index (χ0v) is 16.9. The molecule has 0 saturated heterocycles. The Morgan fingerprint density at radius 2 is 2.04 bits per heavy atom. The highest BCUT2D eigenvalue weighted by Crippen LogP contribution is 2.30. The summed E-state index contributed by atoms with van der Waals surface area (Å²) in [6, 6.07) is 7.53. The Morgan fingerprint density at radius 1 is 1.25 bits per heavy atom. The van der Waals surface area contributed by atoms with Crippen molar-refractivity contribution in [1.29, 1.82) is 0 Å². The summed E-state index contributed by atoms with van der Waals surface area (Å²) in [6.45, 7) is 6.80. The van der Waals surface area contributed by atoms with Gasteiger partial charge in [-0.25, -0.2) is 0 Å². The summed E-state index contributed by atoms with van der Waals surface area (Å²) < 4.78 is 7.28. The molecule has 0 aliphatic heterocycles. The molecule has 1 aromatic heterocycles. The molecular weight excluding hydrogens is 378 g/mol. The van der Waals surface area contributed by atoms with E-state index in [1.165, 1.54) is 11.8 Å². The monoisotopic (exact) mass is 403 g/mol. The van der Waals surface area contributed by atoms with Gasteiger partial charge in [0.05, 0.1) is 25.0 Å². The van der Waals surface area contributed by atoms with E-state index in [1.807, 2.05) is 35.8 Å². The van der Waals surface area contributed by atoms with Crippen LogP contribution in [0.1, 0.15) is 13.3 Å². The summed E-state index contributed by atoms with van der Waals surface area (Å²) in [6.07, 6.45) is 2.59. The van der Waals surface area contributed by atoms with E-state index in [9.17, 15) is 9.59 Å². The number of rotatable bonds is 11. The lowest BCUT2D eigenvalue weighted by atomic mass is 10.2. The van der Waals surface area contributed by atoms with E-state index in [0.29, 0.717) is 29.8 Å². The van der Waals surface area contributed by atoms with Gasteiger partial charge in [-0.05, 0) is 18.6 Å². The van der Waals surface area contributed by atoms with E-state index in [2.05, 4.69) is 27.4 Å². The second kappa shape index (κ2) is 11.1. The van der Waals surface area contributed by atoms with Crippen LogP contribution in [0.3, 0.4) is 0 Å². The first-order chi connectivity index (χ1) is 13.6. The summed E-state index contributed by atoms with van der Waals surface area (Å²) in [5.74, 6) is 1.01. The molecule has 9 heteroatoms. The smallest absolute Gasteiger partial charge is 0.239 e. The number of methoxy groups -OCH3 is 1. The third-order valence-electron chi connectivity index (χ3n) is 3.73. The van der Waals surface area contributed by atoms with Crippen molar-refractivity contribution >= 4 is 23.6 Å². The lowest BCUT2D eigenvalue weighted by Gasteiger charge is -2.10. The minimum atomic E-state index is -0.247. The molecule has 0 radical (unpaired) electrons. The number of amides is 2. The molecule has 0 aliphatic rings. The number of nitrogens with one attached hydrogen (secondary N) is 2. The van der Waals surface area contributed by atoms with Crippen molar-refractivity contribution in [1.82, 2.24) is 25.4 Å². The van der Waals surface area contributed by atoms with Crippen molar-refractivity contribution in [3.63, 3.8) is 0 Å². The number of benzene rings is 1. The van der Waals surface area contributed by atoms with Gasteiger partial charge in [0.1, 0.15) is 5.75 Å². The van der Waals surface area contributed by atoms with Crippen LogP contribution >= 0.6 is 11.8 Å². The average molecular weight is 404 g/mol. The van der Waals surface area contributed by atoms with E-state index in [1.54, 1.807) is 13.2 Å². The first-order valence-electron chi connectivity index (χ1n) is 8.94. The van der Waals surface area contributed by atoms with Gasteiger partial charge in [0.25, 0.3) is 0 Å². The van der Waals surface area contributed by atoms with Crippen LogP contribution < -0.4 is 15.4 Å². The van der Waals surface area contributed by atoms with Gasteiger partial charge in [-0.1, -0.05) is 36.9 Å². The van der Waals surface area contributed by atoms with Crippen LogP contribution in [0.5, 0.6) is 5.75 Å². The summed E-state index contributed by atoms with van der Waals surface area (Å²) in [5.41, 5.74) is 0.809. The molecular formula is C19H25N5O3S. The van der Waals surface area contributed by atoms with Gasteiger partial charge >= 0.3 is 0 Å². The highest BCUT2D eigenvalue weighted by molar-refractivity contribution is 7.99. The Bertz CT molecular complexity index is 822. The van der Waals surface area contributed by atoms with Gasteiger partial charge in [-0.15, -0.1) is 16.8 Å². The molecule has 0 fully saturated rings. The minimum absolute atomic E-state index is 0.0365. The van der Waals surface area contributed by atoms with Gasteiger partial charge in [-0.3, -0.25) is 14.2 Å². The van der Waals surface area contributed by atoms with E-state index in [0.717, 1.165) is 12.0 Å². The summed E-state index contributed by atoms with van der Waals surface area (Å²) >= 11 is 1.25. The van der Waals surface area contributed by atoms with Crippen molar-refractivity contribution in [2.45, 2.75) is 25.0 Å². The predicted molar refractivity (Wildman–Crippen MR) is 109 cm³/mol. The van der Waals surface area contributed by atoms with E-state index >= 15 is 0 Å². The van der Waals surface area contributed by atoms with Gasteiger partial charge < -0.3 is 15.4 Å². The van der Waals surface area contributed by atoms with Crippen molar-refractivity contribution in [2.24, 2.45) is 0 Å². The Morgan fingerprint density at radius 3 is 2.75 bits per heavy atom. The Balaban J connectivity index is 2.04. The van der Waals surface area contributed by atoms with Gasteiger partial charge in [0.2, 0.25) is 11.8 Å². The molecule has 0 bridgehead atoms. The molecule has 1 aromatic carbocycles. The molecule has 2 N–H and O–H groups in total. The number of hydrogen-bond donors (Lipinski definition) is 2. The third kappa shape index (κ3) is 5.85. The fourth-order valence-corrected chi connectivity index (χ4v) is 3.18. The lowest BCUT2D eigenvalue weighted by Crippen LogP contribution is -2.37. The molecule has 2 rings (SSSR count). The van der Waals surface area contributed by atoms with Crippen LogP contribution in [0.25, 0.3) is 11.4 Å². The topological polar surface area (TPSA) is 98.1 Å². The fraction of sp³-hybridized carbons (Fsp3) is 0.368. The first kappa shape index (κ1) is 21.5. The molecule has 0 atom stereocenters. The maximum atomic E-state index is 12.0. The van der Waals surface area contributed by atoms with Gasteiger partial charge in [-0.2, -0.15) is 0 Å². The summed E-state index contributed by atoms with van der Waals surface area (Å²) in [4.78, 5) is 23.6. The van der Waals surface area contributed by atoms with E-state index in [-0.39, 0.29) is 24.1 Å². The van der Waals surface area contributed by atoms with Gasteiger partial charge in [0.15, 0.2) is 11.0 Å². The molecule has 2 aromatic rings. The van der Waals surface area contributed by atoms with E-state index < -0.39 is 0 Å². The van der Waals surface area contributed by atoms with Crippen molar-refractivity contribution < 1.29 is 14.3 Å². The summed E-state index contributed by atoms with van der Waals surface area (Å²) in [7, 11) is 1.60. The Labute approximate surface area is 168 Å². The number of nitrogens with zero attached hydrogens (tertiary/aromatic N) is 3. The van der Waals surface area contributed by atoms with Crippen molar-refractivity contribution in [3.8, 4) is 17.1 Å². The van der Waals surface area contributed by atoms with Crippen LogP contribution in [0.2, 0.25) is 0 Å². The highest BCUT2D eigenvalue weighted by atomic mass is 32.2. The van der Waals surface area contributed by atoms with Crippen LogP contribution in [0, 0.1) is 0 Å². The maximum absolute atomic E-state index is 12.0. The van der Waals surface area contributed by atoms with Crippen molar-refractivity contribution in [3.05, 3.63) is 36.9 Å². The van der Waals surface area contributed by atoms with Crippen LogP contribution in [-0.4, -0.2) is 52.5 Å². The standard InChI is InChI=1S/C19H25N5O3S/c1-4-10-20-16(25)12-21-17(26)13-28-19-23-22-18(24(19)11-5-2)14-8-6-7-9-15(14)27-3/h5-9H,2,4,10-13H2,1,3H3,(H,20,25)(H,21,26). The SMILES string of the molecule is C=CCn1c(SCC(=O)NCC(=O)NCCC)nnc1-c1ccccc1OC. The quantitative estimate of drug-likeness (QED) is 0.439. The molecule has 2 amide bonds. The van der Waals surface area contributed by atoms with Crippen LogP contribution in [-0.2, 0) is 16.1 Å². The zero-order valence-electron chi connectivity index (χ0n) is 16.1. The largest absolute Gasteiger partial charge is 0.496 e. The number of para-hydroxylation sites is 1. The number of carbonyl (C=O) groups excluding carboxylic acids is 2. The second-order valence-corrected chi connectivity index (χ2v) is 6.76. The first-order valence-corrected chi connectivity index (χ1v) is 9.92. The van der Waals surface area contributed by atoms with Crippen LogP contribution in [0.15, 0.2) is 42.1 Å². The number of ether oxygens (including phenoxy) is 1. The molecule has 0 saturated carbocycles. The fourth-order valence-electron chi connectivity index (χ4n) is 2.40. The average Bonchev–Trinajstić information content (AvgIpc) is 3.11. The number of hydrogen-bond acceptors (Lipinski definition) is 6.